The molecule has 1 aromatic carbocycles. The summed E-state index contributed by atoms with van der Waals surface area (Å²) < 4.78 is 5.73. The first kappa shape index (κ1) is 13.5. The lowest BCUT2D eigenvalue weighted by molar-refractivity contribution is 0.0334. The normalized spacial score (nSPS) is 14.8. The highest BCUT2D eigenvalue weighted by Gasteiger charge is 2.22. The van der Waals surface area contributed by atoms with E-state index in [0.717, 1.165) is 23.6 Å². The highest BCUT2D eigenvalue weighted by atomic mass is 35.5. The van der Waals surface area contributed by atoms with E-state index in [-0.39, 0.29) is 12.1 Å². The smallest absolute Gasteiger partial charge is 0.0767 e. The Morgan fingerprint density at radius 1 is 1.31 bits per heavy atom. The number of halogens is 1. The van der Waals surface area contributed by atoms with Gasteiger partial charge in [0.05, 0.1) is 12.1 Å². The Bertz CT molecular complexity index is 317. The van der Waals surface area contributed by atoms with Crippen LogP contribution in [0, 0.1) is 0 Å². The third kappa shape index (κ3) is 3.21. The molecule has 0 aliphatic heterocycles. The van der Waals surface area contributed by atoms with Crippen molar-refractivity contribution in [2.75, 3.05) is 13.7 Å². The highest BCUT2D eigenvalue weighted by molar-refractivity contribution is 6.31. The van der Waals surface area contributed by atoms with E-state index in [0.29, 0.717) is 0 Å². The van der Waals surface area contributed by atoms with Gasteiger partial charge in [-0.25, -0.2) is 0 Å². The topological polar surface area (TPSA) is 21.3 Å². The van der Waals surface area contributed by atoms with Gasteiger partial charge >= 0.3 is 0 Å². The fraction of sp³-hybridized carbons (Fsp3) is 0.538. The van der Waals surface area contributed by atoms with Crippen LogP contribution in [0.15, 0.2) is 24.3 Å². The van der Waals surface area contributed by atoms with Crippen molar-refractivity contribution >= 4 is 11.6 Å². The largest absolute Gasteiger partial charge is 0.377 e. The van der Waals surface area contributed by atoms with Crippen molar-refractivity contribution in [3.63, 3.8) is 0 Å². The van der Waals surface area contributed by atoms with Crippen molar-refractivity contribution < 1.29 is 4.74 Å². The van der Waals surface area contributed by atoms with Crippen LogP contribution >= 0.6 is 11.6 Å². The molecule has 0 amide bonds. The zero-order chi connectivity index (χ0) is 12.0. The summed E-state index contributed by atoms with van der Waals surface area (Å²) in [6.07, 6.45) is 1.12. The number of rotatable bonds is 6. The van der Waals surface area contributed by atoms with Crippen LogP contribution < -0.4 is 5.32 Å². The molecule has 1 N–H and O–H groups in total. The summed E-state index contributed by atoms with van der Waals surface area (Å²) in [6, 6.07) is 8.06. The van der Waals surface area contributed by atoms with E-state index >= 15 is 0 Å². The predicted octanol–water partition coefficient (Wildman–Crippen LogP) is 3.42. The average molecular weight is 242 g/mol. The van der Waals surface area contributed by atoms with Crippen molar-refractivity contribution in [2.45, 2.75) is 32.4 Å². The molecular formula is C13H20ClNO. The van der Waals surface area contributed by atoms with E-state index in [1.807, 2.05) is 38.2 Å². The second kappa shape index (κ2) is 6.89. The molecule has 16 heavy (non-hydrogen) atoms. The maximum Gasteiger partial charge on any atom is 0.0767 e. The van der Waals surface area contributed by atoms with Gasteiger partial charge in [-0.1, -0.05) is 36.7 Å². The summed E-state index contributed by atoms with van der Waals surface area (Å²) in [6.45, 7) is 4.87. The standard InChI is InChI=1S/C13H20ClNO/c1-4-12(16-5-2)13(15-3)10-8-6-7-9-11(10)14/h6-9,12-13,15H,4-5H2,1-3H3. The van der Waals surface area contributed by atoms with E-state index in [4.69, 9.17) is 16.3 Å². The van der Waals surface area contributed by atoms with Gasteiger partial charge in [-0.15, -0.1) is 0 Å². The molecule has 0 fully saturated rings. The van der Waals surface area contributed by atoms with Crippen LogP contribution in [0.5, 0.6) is 0 Å². The molecule has 0 aromatic heterocycles. The van der Waals surface area contributed by atoms with Crippen molar-refractivity contribution in [3.8, 4) is 0 Å². The second-order valence-corrected chi connectivity index (χ2v) is 4.10. The van der Waals surface area contributed by atoms with Gasteiger partial charge in [0.15, 0.2) is 0 Å². The maximum absolute atomic E-state index is 6.20. The molecular weight excluding hydrogens is 222 g/mol. The lowest BCUT2D eigenvalue weighted by Gasteiger charge is -2.26. The number of likely N-dealkylation sites (N-methyl/N-ethyl adjacent to an activating group) is 1. The van der Waals surface area contributed by atoms with E-state index in [2.05, 4.69) is 12.2 Å². The van der Waals surface area contributed by atoms with Crippen LogP contribution in [0.1, 0.15) is 31.9 Å². The first-order valence-corrected chi connectivity index (χ1v) is 6.15. The fourth-order valence-electron chi connectivity index (χ4n) is 1.93. The zero-order valence-corrected chi connectivity index (χ0v) is 10.9. The van der Waals surface area contributed by atoms with E-state index in [9.17, 15) is 0 Å². The summed E-state index contributed by atoms with van der Waals surface area (Å²) in [5.41, 5.74) is 1.10. The van der Waals surface area contributed by atoms with Gasteiger partial charge in [0.2, 0.25) is 0 Å². The monoisotopic (exact) mass is 241 g/mol. The lowest BCUT2D eigenvalue weighted by atomic mass is 9.99. The van der Waals surface area contributed by atoms with Crippen LogP contribution in [0.3, 0.4) is 0 Å². The summed E-state index contributed by atoms with van der Waals surface area (Å²) in [4.78, 5) is 0. The second-order valence-electron chi connectivity index (χ2n) is 3.69. The minimum Gasteiger partial charge on any atom is -0.377 e. The Labute approximate surface area is 103 Å². The minimum absolute atomic E-state index is 0.152. The SMILES string of the molecule is CCOC(CC)C(NC)c1ccccc1Cl. The predicted molar refractivity (Wildman–Crippen MR) is 69.0 cm³/mol. The Balaban J connectivity index is 2.92. The van der Waals surface area contributed by atoms with E-state index in [1.54, 1.807) is 0 Å². The van der Waals surface area contributed by atoms with Crippen molar-refractivity contribution in [3.05, 3.63) is 34.9 Å². The first-order valence-electron chi connectivity index (χ1n) is 5.77. The van der Waals surface area contributed by atoms with Crippen LogP contribution in [-0.4, -0.2) is 19.8 Å². The minimum atomic E-state index is 0.152. The molecule has 2 atom stereocenters. The molecule has 0 bridgehead atoms. The quantitative estimate of drug-likeness (QED) is 0.824. The van der Waals surface area contributed by atoms with Gasteiger partial charge in [0, 0.05) is 11.6 Å². The molecule has 0 saturated carbocycles. The van der Waals surface area contributed by atoms with E-state index in [1.165, 1.54) is 0 Å². The van der Waals surface area contributed by atoms with Gasteiger partial charge in [-0.2, -0.15) is 0 Å². The summed E-state index contributed by atoms with van der Waals surface area (Å²) in [7, 11) is 1.94. The number of nitrogens with one attached hydrogen (secondary N) is 1. The first-order chi connectivity index (χ1) is 7.74. The summed E-state index contributed by atoms with van der Waals surface area (Å²) in [5.74, 6) is 0. The molecule has 0 saturated heterocycles. The van der Waals surface area contributed by atoms with Crippen LogP contribution in [0.25, 0.3) is 0 Å². The Hall–Kier alpha value is -0.570. The number of ether oxygens (including phenoxy) is 1. The number of benzene rings is 1. The molecule has 0 spiro atoms. The Morgan fingerprint density at radius 2 is 2.00 bits per heavy atom. The van der Waals surface area contributed by atoms with Crippen LogP contribution in [0.2, 0.25) is 5.02 Å². The van der Waals surface area contributed by atoms with Crippen LogP contribution in [0.4, 0.5) is 0 Å². The Kier molecular flexibility index (Phi) is 5.81. The van der Waals surface area contributed by atoms with Gasteiger partial charge in [-0.3, -0.25) is 0 Å². The molecule has 2 unspecified atom stereocenters. The van der Waals surface area contributed by atoms with Gasteiger partial charge < -0.3 is 10.1 Å². The third-order valence-electron chi connectivity index (χ3n) is 2.71. The van der Waals surface area contributed by atoms with Crippen molar-refractivity contribution in [2.24, 2.45) is 0 Å². The molecule has 90 valence electrons. The third-order valence-corrected chi connectivity index (χ3v) is 3.05. The molecule has 0 aliphatic rings. The lowest BCUT2D eigenvalue weighted by Crippen LogP contribution is -2.31. The highest BCUT2D eigenvalue weighted by Crippen LogP contribution is 2.27. The van der Waals surface area contributed by atoms with Gasteiger partial charge in [-0.05, 0) is 32.0 Å². The molecule has 0 radical (unpaired) electrons. The van der Waals surface area contributed by atoms with Gasteiger partial charge in [0.1, 0.15) is 0 Å². The maximum atomic E-state index is 6.20. The van der Waals surface area contributed by atoms with E-state index < -0.39 is 0 Å². The molecule has 2 nitrogen and oxygen atoms in total. The van der Waals surface area contributed by atoms with Crippen molar-refractivity contribution in [1.29, 1.82) is 0 Å². The molecule has 0 aliphatic carbocycles. The number of hydrogen-bond acceptors (Lipinski definition) is 2. The molecule has 0 heterocycles. The van der Waals surface area contributed by atoms with Crippen LogP contribution in [-0.2, 0) is 4.74 Å². The van der Waals surface area contributed by atoms with Gasteiger partial charge in [0.25, 0.3) is 0 Å². The zero-order valence-electron chi connectivity index (χ0n) is 10.2. The molecule has 3 heteroatoms. The Morgan fingerprint density at radius 3 is 2.50 bits per heavy atom. The average Bonchev–Trinajstić information content (AvgIpc) is 2.31. The van der Waals surface area contributed by atoms with Crippen molar-refractivity contribution in [1.82, 2.24) is 5.32 Å². The molecule has 1 aromatic rings. The number of hydrogen-bond donors (Lipinski definition) is 1. The molecule has 1 rings (SSSR count). The summed E-state index contributed by atoms with van der Waals surface area (Å²) in [5, 5.41) is 4.08. The fourth-order valence-corrected chi connectivity index (χ4v) is 2.19. The summed E-state index contributed by atoms with van der Waals surface area (Å²) >= 11 is 6.20.